The molecule has 17 heavy (non-hydrogen) atoms. The van der Waals surface area contributed by atoms with Gasteiger partial charge in [0.1, 0.15) is 5.76 Å². The van der Waals surface area contributed by atoms with Gasteiger partial charge in [-0.2, -0.15) is 0 Å². The molecule has 2 rings (SSSR count). The van der Waals surface area contributed by atoms with Crippen molar-refractivity contribution in [2.45, 2.75) is 58.2 Å². The summed E-state index contributed by atoms with van der Waals surface area (Å²) in [5.74, 6) is 1.64. The van der Waals surface area contributed by atoms with Crippen LogP contribution in [0.4, 0.5) is 0 Å². The highest BCUT2D eigenvalue weighted by atomic mass is 16.5. The third-order valence-corrected chi connectivity index (χ3v) is 3.55. The lowest BCUT2D eigenvalue weighted by molar-refractivity contribution is -0.0783. The number of rotatable bonds is 4. The first-order valence-corrected chi connectivity index (χ1v) is 6.40. The number of hydrogen-bond donors (Lipinski definition) is 1. The summed E-state index contributed by atoms with van der Waals surface area (Å²) in [7, 11) is 0. The number of oxazole rings is 1. The quantitative estimate of drug-likeness (QED) is 0.875. The summed E-state index contributed by atoms with van der Waals surface area (Å²) in [6.07, 6.45) is 4.94. The first-order valence-electron chi connectivity index (χ1n) is 6.40. The van der Waals surface area contributed by atoms with Crippen LogP contribution in [0.5, 0.6) is 0 Å². The highest BCUT2D eigenvalue weighted by Crippen LogP contribution is 2.27. The molecule has 1 aromatic rings. The predicted octanol–water partition coefficient (Wildman–Crippen LogP) is 2.42. The number of nitrogens with one attached hydrogen (secondary N) is 1. The highest BCUT2D eigenvalue weighted by Gasteiger charge is 2.31. The molecule has 0 saturated carbocycles. The van der Waals surface area contributed by atoms with Gasteiger partial charge in [0.2, 0.25) is 5.89 Å². The molecule has 1 N–H and O–H groups in total. The minimum Gasteiger partial charge on any atom is -0.445 e. The molecule has 2 atom stereocenters. The third-order valence-electron chi connectivity index (χ3n) is 3.55. The minimum absolute atomic E-state index is 0.0302. The molecule has 1 aliphatic heterocycles. The largest absolute Gasteiger partial charge is 0.445 e. The van der Waals surface area contributed by atoms with Crippen LogP contribution in [0.2, 0.25) is 0 Å². The summed E-state index contributed by atoms with van der Waals surface area (Å²) in [5, 5.41) is 3.50. The van der Waals surface area contributed by atoms with E-state index in [9.17, 15) is 0 Å². The van der Waals surface area contributed by atoms with Gasteiger partial charge < -0.3 is 14.5 Å². The van der Waals surface area contributed by atoms with Crippen LogP contribution in [0.25, 0.3) is 0 Å². The predicted molar refractivity (Wildman–Crippen MR) is 65.7 cm³/mol. The SMILES string of the molecule is CCC1(C)CC(NCc2ncc(C)o2)CCO1. The van der Waals surface area contributed by atoms with Gasteiger partial charge in [-0.05, 0) is 33.1 Å². The molecule has 0 amide bonds. The topological polar surface area (TPSA) is 47.3 Å². The molecule has 1 saturated heterocycles. The number of aromatic nitrogens is 1. The first kappa shape index (κ1) is 12.6. The van der Waals surface area contributed by atoms with E-state index in [0.29, 0.717) is 12.6 Å². The Bertz CT molecular complexity index is 364. The Morgan fingerprint density at radius 2 is 2.41 bits per heavy atom. The fourth-order valence-corrected chi connectivity index (χ4v) is 2.27. The van der Waals surface area contributed by atoms with E-state index >= 15 is 0 Å². The van der Waals surface area contributed by atoms with E-state index in [1.165, 1.54) is 0 Å². The zero-order chi connectivity index (χ0) is 12.3. The van der Waals surface area contributed by atoms with Crippen molar-refractivity contribution in [1.29, 1.82) is 0 Å². The van der Waals surface area contributed by atoms with Crippen LogP contribution in [0.15, 0.2) is 10.6 Å². The molecule has 96 valence electrons. The Morgan fingerprint density at radius 3 is 3.06 bits per heavy atom. The van der Waals surface area contributed by atoms with E-state index in [4.69, 9.17) is 9.15 Å². The van der Waals surface area contributed by atoms with Crippen molar-refractivity contribution in [3.8, 4) is 0 Å². The summed E-state index contributed by atoms with van der Waals surface area (Å²) in [6, 6.07) is 0.501. The molecule has 4 heteroatoms. The van der Waals surface area contributed by atoms with Crippen LogP contribution in [0.1, 0.15) is 44.8 Å². The lowest BCUT2D eigenvalue weighted by Gasteiger charge is -2.38. The van der Waals surface area contributed by atoms with E-state index in [1.54, 1.807) is 6.20 Å². The van der Waals surface area contributed by atoms with Gasteiger partial charge in [0.15, 0.2) is 0 Å². The average Bonchev–Trinajstić information content (AvgIpc) is 2.73. The van der Waals surface area contributed by atoms with Crippen LogP contribution in [0.3, 0.4) is 0 Å². The van der Waals surface area contributed by atoms with E-state index in [-0.39, 0.29) is 5.60 Å². The van der Waals surface area contributed by atoms with Gasteiger partial charge in [0, 0.05) is 12.6 Å². The lowest BCUT2D eigenvalue weighted by atomic mass is 9.90. The second-order valence-corrected chi connectivity index (χ2v) is 5.09. The fourth-order valence-electron chi connectivity index (χ4n) is 2.27. The van der Waals surface area contributed by atoms with Crippen LogP contribution in [0, 0.1) is 6.92 Å². The molecule has 1 aromatic heterocycles. The molecule has 0 radical (unpaired) electrons. The van der Waals surface area contributed by atoms with Gasteiger partial charge in [-0.3, -0.25) is 0 Å². The monoisotopic (exact) mass is 238 g/mol. The standard InChI is InChI=1S/C13H22N2O2/c1-4-13(3)7-11(5-6-16-13)14-9-12-15-8-10(2)17-12/h8,11,14H,4-7,9H2,1-3H3. The summed E-state index contributed by atoms with van der Waals surface area (Å²) >= 11 is 0. The smallest absolute Gasteiger partial charge is 0.208 e. The summed E-state index contributed by atoms with van der Waals surface area (Å²) in [5.41, 5.74) is 0.0302. The molecular formula is C13H22N2O2. The van der Waals surface area contributed by atoms with Crippen molar-refractivity contribution in [2.24, 2.45) is 0 Å². The van der Waals surface area contributed by atoms with E-state index in [0.717, 1.165) is 37.5 Å². The van der Waals surface area contributed by atoms with Gasteiger partial charge in [0.05, 0.1) is 18.3 Å². The van der Waals surface area contributed by atoms with Gasteiger partial charge in [0.25, 0.3) is 0 Å². The van der Waals surface area contributed by atoms with Gasteiger partial charge in [-0.15, -0.1) is 0 Å². The second-order valence-electron chi connectivity index (χ2n) is 5.09. The maximum atomic E-state index is 5.82. The highest BCUT2D eigenvalue weighted by molar-refractivity contribution is 4.92. The molecule has 0 aliphatic carbocycles. The maximum absolute atomic E-state index is 5.82. The van der Waals surface area contributed by atoms with Crippen LogP contribution < -0.4 is 5.32 Å². The van der Waals surface area contributed by atoms with Crippen molar-refractivity contribution < 1.29 is 9.15 Å². The van der Waals surface area contributed by atoms with E-state index in [2.05, 4.69) is 24.1 Å². The van der Waals surface area contributed by atoms with Gasteiger partial charge in [-0.25, -0.2) is 4.98 Å². The van der Waals surface area contributed by atoms with E-state index in [1.807, 2.05) is 6.92 Å². The lowest BCUT2D eigenvalue weighted by Crippen LogP contribution is -2.44. The van der Waals surface area contributed by atoms with Crippen LogP contribution in [-0.2, 0) is 11.3 Å². The molecule has 2 unspecified atom stereocenters. The Balaban J connectivity index is 1.83. The molecule has 4 nitrogen and oxygen atoms in total. The Hall–Kier alpha value is -0.870. The number of aryl methyl sites for hydroxylation is 1. The molecule has 1 fully saturated rings. The van der Waals surface area contributed by atoms with Gasteiger partial charge in [-0.1, -0.05) is 6.92 Å². The Labute approximate surface area is 103 Å². The Morgan fingerprint density at radius 1 is 1.59 bits per heavy atom. The van der Waals surface area contributed by atoms with Crippen LogP contribution >= 0.6 is 0 Å². The maximum Gasteiger partial charge on any atom is 0.208 e. The Kier molecular flexibility index (Phi) is 3.84. The second kappa shape index (κ2) is 5.19. The van der Waals surface area contributed by atoms with Crippen molar-refractivity contribution in [3.63, 3.8) is 0 Å². The van der Waals surface area contributed by atoms with Crippen molar-refractivity contribution in [2.75, 3.05) is 6.61 Å². The average molecular weight is 238 g/mol. The number of nitrogens with zero attached hydrogens (tertiary/aromatic N) is 1. The molecule has 0 spiro atoms. The van der Waals surface area contributed by atoms with Crippen molar-refractivity contribution in [3.05, 3.63) is 17.8 Å². The summed E-state index contributed by atoms with van der Waals surface area (Å²) in [4.78, 5) is 4.20. The molecule has 2 heterocycles. The number of hydrogen-bond acceptors (Lipinski definition) is 4. The molecule has 0 aromatic carbocycles. The third kappa shape index (κ3) is 3.30. The summed E-state index contributed by atoms with van der Waals surface area (Å²) in [6.45, 7) is 7.83. The molecule has 1 aliphatic rings. The molecular weight excluding hydrogens is 216 g/mol. The zero-order valence-corrected chi connectivity index (χ0v) is 11.0. The van der Waals surface area contributed by atoms with E-state index < -0.39 is 0 Å². The summed E-state index contributed by atoms with van der Waals surface area (Å²) < 4.78 is 11.3. The fraction of sp³-hybridized carbons (Fsp3) is 0.769. The zero-order valence-electron chi connectivity index (χ0n) is 11.0. The number of ether oxygens (including phenoxy) is 1. The normalized spacial score (nSPS) is 29.5. The van der Waals surface area contributed by atoms with Crippen molar-refractivity contribution >= 4 is 0 Å². The van der Waals surface area contributed by atoms with Gasteiger partial charge >= 0.3 is 0 Å². The van der Waals surface area contributed by atoms with Crippen LogP contribution in [-0.4, -0.2) is 23.2 Å². The molecule has 0 bridgehead atoms. The first-order chi connectivity index (χ1) is 8.11. The minimum atomic E-state index is 0.0302. The van der Waals surface area contributed by atoms with Crippen molar-refractivity contribution in [1.82, 2.24) is 10.3 Å².